The molecule has 0 bridgehead atoms. The maximum absolute atomic E-state index is 6.20. The number of aryl methyl sites for hydroxylation is 1. The third-order valence-corrected chi connectivity index (χ3v) is 7.57. The summed E-state index contributed by atoms with van der Waals surface area (Å²) in [5.74, 6) is 1.78. The van der Waals surface area contributed by atoms with Crippen LogP contribution in [0.5, 0.6) is 5.75 Å². The molecule has 1 saturated carbocycles. The number of allylic oxidation sites excluding steroid dienone is 1. The van der Waals surface area contributed by atoms with E-state index in [0.717, 1.165) is 18.1 Å². The topological polar surface area (TPSA) is 9.23 Å². The molecule has 0 N–H and O–H groups in total. The molecule has 2 unspecified atom stereocenters. The van der Waals surface area contributed by atoms with Crippen molar-refractivity contribution in [1.82, 2.24) is 0 Å². The molecule has 2 aromatic carbocycles. The standard InChI is InChI=1S/C29H40OS/c1-5-10-26-20-24(19-22(3)6-2)16-18-25(26)17-15-23(4)31-29-14-9-13-28(21-29)30-27-11-7-8-12-27/h5,9-10,13-14,16,18,20-23,27H,6-8,11-12,15,17,19H2,1-4H3/b10-5-. The molecule has 3 rings (SSSR count). The Morgan fingerprint density at radius 3 is 2.65 bits per heavy atom. The van der Waals surface area contributed by atoms with Crippen molar-refractivity contribution in [2.75, 3.05) is 0 Å². The van der Waals surface area contributed by atoms with Gasteiger partial charge in [-0.25, -0.2) is 0 Å². The van der Waals surface area contributed by atoms with E-state index in [-0.39, 0.29) is 0 Å². The highest BCUT2D eigenvalue weighted by atomic mass is 32.2. The summed E-state index contributed by atoms with van der Waals surface area (Å²) in [5, 5.41) is 0.569. The molecular formula is C29H40OS. The van der Waals surface area contributed by atoms with Crippen molar-refractivity contribution in [2.24, 2.45) is 5.92 Å². The van der Waals surface area contributed by atoms with E-state index in [1.54, 1.807) is 0 Å². The predicted molar refractivity (Wildman–Crippen MR) is 137 cm³/mol. The van der Waals surface area contributed by atoms with Gasteiger partial charge in [-0.05, 0) is 92.7 Å². The van der Waals surface area contributed by atoms with E-state index in [4.69, 9.17) is 4.74 Å². The van der Waals surface area contributed by atoms with Gasteiger partial charge in [0.05, 0.1) is 6.10 Å². The van der Waals surface area contributed by atoms with Crippen molar-refractivity contribution in [3.05, 3.63) is 65.2 Å². The van der Waals surface area contributed by atoms with E-state index in [0.29, 0.717) is 11.4 Å². The molecule has 0 saturated heterocycles. The fourth-order valence-corrected chi connectivity index (χ4v) is 5.39. The summed E-state index contributed by atoms with van der Waals surface area (Å²) in [7, 11) is 0. The first kappa shape index (κ1) is 24.0. The van der Waals surface area contributed by atoms with Gasteiger partial charge in [0, 0.05) is 10.1 Å². The molecule has 0 spiro atoms. The molecule has 1 nitrogen and oxygen atoms in total. The van der Waals surface area contributed by atoms with Crippen LogP contribution in [0.15, 0.2) is 53.4 Å². The lowest BCUT2D eigenvalue weighted by Gasteiger charge is -2.16. The van der Waals surface area contributed by atoms with Crippen LogP contribution in [0.3, 0.4) is 0 Å². The van der Waals surface area contributed by atoms with Crippen LogP contribution in [0, 0.1) is 5.92 Å². The lowest BCUT2D eigenvalue weighted by Crippen LogP contribution is -2.10. The Morgan fingerprint density at radius 2 is 1.90 bits per heavy atom. The van der Waals surface area contributed by atoms with Gasteiger partial charge >= 0.3 is 0 Å². The quantitative estimate of drug-likeness (QED) is 0.326. The second kappa shape index (κ2) is 12.4. The summed E-state index contributed by atoms with van der Waals surface area (Å²) >= 11 is 1.97. The molecule has 0 heterocycles. The van der Waals surface area contributed by atoms with E-state index < -0.39 is 0 Å². The van der Waals surface area contributed by atoms with Gasteiger partial charge in [-0.15, -0.1) is 11.8 Å². The molecule has 1 aliphatic rings. The molecule has 0 radical (unpaired) electrons. The van der Waals surface area contributed by atoms with Crippen molar-refractivity contribution in [3.63, 3.8) is 0 Å². The lowest BCUT2D eigenvalue weighted by molar-refractivity contribution is 0.209. The largest absolute Gasteiger partial charge is 0.490 e. The highest BCUT2D eigenvalue weighted by Crippen LogP contribution is 2.31. The maximum atomic E-state index is 6.20. The van der Waals surface area contributed by atoms with Gasteiger partial charge < -0.3 is 4.74 Å². The van der Waals surface area contributed by atoms with E-state index in [9.17, 15) is 0 Å². The number of rotatable bonds is 11. The smallest absolute Gasteiger partial charge is 0.120 e. The van der Waals surface area contributed by atoms with Crippen LogP contribution in [0.4, 0.5) is 0 Å². The highest BCUT2D eigenvalue weighted by molar-refractivity contribution is 7.99. The molecule has 0 aromatic heterocycles. The minimum Gasteiger partial charge on any atom is -0.490 e. The summed E-state index contributed by atoms with van der Waals surface area (Å²) in [4.78, 5) is 1.32. The average molecular weight is 437 g/mol. The van der Waals surface area contributed by atoms with Gasteiger partial charge in [-0.3, -0.25) is 0 Å². The summed E-state index contributed by atoms with van der Waals surface area (Å²) in [6, 6.07) is 15.8. The number of ether oxygens (including phenoxy) is 1. The third kappa shape index (κ3) is 7.75. The zero-order valence-corrected chi connectivity index (χ0v) is 20.7. The Balaban J connectivity index is 1.56. The van der Waals surface area contributed by atoms with Crippen molar-refractivity contribution >= 4 is 17.8 Å². The van der Waals surface area contributed by atoms with Crippen molar-refractivity contribution in [2.45, 2.75) is 95.3 Å². The number of thioether (sulfide) groups is 1. The monoisotopic (exact) mass is 436 g/mol. The van der Waals surface area contributed by atoms with Gasteiger partial charge in [0.2, 0.25) is 0 Å². The Morgan fingerprint density at radius 1 is 1.10 bits per heavy atom. The first-order valence-electron chi connectivity index (χ1n) is 12.2. The second-order valence-corrected chi connectivity index (χ2v) is 10.7. The molecular weight excluding hydrogens is 396 g/mol. The van der Waals surface area contributed by atoms with E-state index in [1.165, 1.54) is 66.5 Å². The van der Waals surface area contributed by atoms with Crippen LogP contribution in [0.1, 0.15) is 82.9 Å². The van der Waals surface area contributed by atoms with Crippen molar-refractivity contribution in [3.8, 4) is 5.75 Å². The Kier molecular flexibility index (Phi) is 9.58. The zero-order chi connectivity index (χ0) is 22.1. The number of benzene rings is 2. The molecule has 31 heavy (non-hydrogen) atoms. The fraction of sp³-hybridized carbons (Fsp3) is 0.517. The lowest BCUT2D eigenvalue weighted by atomic mass is 9.94. The van der Waals surface area contributed by atoms with Crippen LogP contribution in [0.25, 0.3) is 6.08 Å². The molecule has 0 aliphatic heterocycles. The predicted octanol–water partition coefficient (Wildman–Crippen LogP) is 8.74. The Bertz CT molecular complexity index is 834. The minimum atomic E-state index is 0.422. The van der Waals surface area contributed by atoms with Crippen LogP contribution < -0.4 is 4.74 Å². The average Bonchev–Trinajstić information content (AvgIpc) is 3.26. The van der Waals surface area contributed by atoms with Crippen LogP contribution >= 0.6 is 11.8 Å². The van der Waals surface area contributed by atoms with Crippen molar-refractivity contribution in [1.29, 1.82) is 0 Å². The third-order valence-electron chi connectivity index (χ3n) is 6.41. The van der Waals surface area contributed by atoms with Gasteiger partial charge in [-0.1, -0.05) is 63.6 Å². The number of hydrogen-bond donors (Lipinski definition) is 0. The van der Waals surface area contributed by atoms with Gasteiger partial charge in [-0.2, -0.15) is 0 Å². The molecule has 2 atom stereocenters. The van der Waals surface area contributed by atoms with Gasteiger partial charge in [0.1, 0.15) is 5.75 Å². The highest BCUT2D eigenvalue weighted by Gasteiger charge is 2.16. The fourth-order valence-electron chi connectivity index (χ4n) is 4.35. The molecule has 2 heteroatoms. The molecule has 2 aromatic rings. The second-order valence-electron chi connectivity index (χ2n) is 9.22. The maximum Gasteiger partial charge on any atom is 0.120 e. The van der Waals surface area contributed by atoms with E-state index in [2.05, 4.69) is 82.3 Å². The van der Waals surface area contributed by atoms with Gasteiger partial charge in [0.15, 0.2) is 0 Å². The summed E-state index contributed by atoms with van der Waals surface area (Å²) in [6.07, 6.45) is 14.6. The Hall–Kier alpha value is -1.67. The van der Waals surface area contributed by atoms with Crippen LogP contribution in [0.2, 0.25) is 0 Å². The SMILES string of the molecule is C/C=C\c1cc(CC(C)CC)ccc1CCC(C)Sc1cccc(OC2CCCC2)c1. The first-order valence-corrected chi connectivity index (χ1v) is 13.1. The van der Waals surface area contributed by atoms with Crippen molar-refractivity contribution < 1.29 is 4.74 Å². The summed E-state index contributed by atoms with van der Waals surface area (Å²) in [5.41, 5.74) is 4.33. The van der Waals surface area contributed by atoms with E-state index >= 15 is 0 Å². The summed E-state index contributed by atoms with van der Waals surface area (Å²) < 4.78 is 6.20. The molecule has 168 valence electrons. The van der Waals surface area contributed by atoms with E-state index in [1.807, 2.05) is 11.8 Å². The normalized spacial score (nSPS) is 16.6. The van der Waals surface area contributed by atoms with Crippen LogP contribution in [-0.2, 0) is 12.8 Å². The summed E-state index contributed by atoms with van der Waals surface area (Å²) in [6.45, 7) is 9.09. The molecule has 0 amide bonds. The minimum absolute atomic E-state index is 0.422. The zero-order valence-electron chi connectivity index (χ0n) is 19.9. The molecule has 1 fully saturated rings. The van der Waals surface area contributed by atoms with Gasteiger partial charge in [0.25, 0.3) is 0 Å². The molecule has 1 aliphatic carbocycles. The van der Waals surface area contributed by atoms with Crippen LogP contribution in [-0.4, -0.2) is 11.4 Å². The Labute approximate surface area is 194 Å². The first-order chi connectivity index (χ1) is 15.1. The number of hydrogen-bond acceptors (Lipinski definition) is 2.